The van der Waals surface area contributed by atoms with E-state index in [9.17, 15) is 9.59 Å². The zero-order chi connectivity index (χ0) is 25.5. The lowest BCUT2D eigenvalue weighted by Gasteiger charge is -2.10. The molecule has 4 rings (SSSR count). The highest BCUT2D eigenvalue weighted by Gasteiger charge is 2.14. The number of aromatic nitrogens is 2. The average Bonchev–Trinajstić information content (AvgIpc) is 3.32. The average molecular weight is 505 g/mol. The number of benzene rings is 2. The number of nitrogens with one attached hydrogen (secondary N) is 1. The van der Waals surface area contributed by atoms with Crippen molar-refractivity contribution in [2.75, 3.05) is 13.7 Å². The fourth-order valence-corrected chi connectivity index (χ4v) is 4.51. The number of aryl methyl sites for hydroxylation is 1. The number of unbranched alkanes of at least 4 members (excludes halogenated alkanes) is 1. The quantitative estimate of drug-likeness (QED) is 0.191. The van der Waals surface area contributed by atoms with Crippen molar-refractivity contribution in [1.82, 2.24) is 15.0 Å². The van der Waals surface area contributed by atoms with Gasteiger partial charge in [-0.15, -0.1) is 11.3 Å². The predicted molar refractivity (Wildman–Crippen MR) is 143 cm³/mol. The van der Waals surface area contributed by atoms with Crippen LogP contribution in [0.2, 0.25) is 0 Å². The van der Waals surface area contributed by atoms with E-state index in [4.69, 9.17) is 9.47 Å². The Morgan fingerprint density at radius 1 is 1.19 bits per heavy atom. The van der Waals surface area contributed by atoms with Crippen molar-refractivity contribution >= 4 is 33.7 Å². The molecule has 0 radical (unpaired) electrons. The Morgan fingerprint density at radius 2 is 2.00 bits per heavy atom. The van der Waals surface area contributed by atoms with Gasteiger partial charge in [0.25, 0.3) is 11.5 Å². The van der Waals surface area contributed by atoms with E-state index in [1.54, 1.807) is 13.2 Å². The van der Waals surface area contributed by atoms with Crippen molar-refractivity contribution in [1.29, 1.82) is 0 Å². The lowest BCUT2D eigenvalue weighted by Crippen LogP contribution is -2.30. The van der Waals surface area contributed by atoms with Crippen molar-refractivity contribution in [3.8, 4) is 22.6 Å². The fraction of sp³-hybridized carbons (Fsp3) is 0.259. The number of nitrogens with zero attached hydrogens (tertiary/aromatic N) is 3. The molecule has 0 fully saturated rings. The van der Waals surface area contributed by atoms with Gasteiger partial charge in [0.1, 0.15) is 11.4 Å². The normalized spacial score (nSPS) is 11.2. The number of hydrogen-bond donors (Lipinski definition) is 1. The van der Waals surface area contributed by atoms with Gasteiger partial charge < -0.3 is 9.47 Å². The van der Waals surface area contributed by atoms with Gasteiger partial charge in [0.05, 0.1) is 31.6 Å². The van der Waals surface area contributed by atoms with Gasteiger partial charge in [0, 0.05) is 10.9 Å². The Labute approximate surface area is 213 Å². The van der Waals surface area contributed by atoms with E-state index in [2.05, 4.69) is 22.4 Å². The minimum Gasteiger partial charge on any atom is -0.493 e. The monoisotopic (exact) mass is 504 g/mol. The van der Waals surface area contributed by atoms with Crippen LogP contribution in [0.3, 0.4) is 0 Å². The summed E-state index contributed by atoms with van der Waals surface area (Å²) >= 11 is 1.41. The minimum atomic E-state index is -0.437. The number of rotatable bonds is 10. The van der Waals surface area contributed by atoms with Crippen LogP contribution < -0.4 is 20.5 Å². The standard InChI is InChI=1S/C27H28N4O4S/c1-4-5-12-35-22-11-8-19(13-23(22)34-3)14-29-30-24(32)15-31-17-28-26-25(27(31)33)21(16-36-26)20-9-6-18(2)7-10-20/h6-11,13-14,16-17H,4-5,12,15H2,1-3H3,(H,30,32)/b29-14-. The van der Waals surface area contributed by atoms with Crippen LogP contribution >= 0.6 is 11.3 Å². The van der Waals surface area contributed by atoms with Gasteiger partial charge in [-0.25, -0.2) is 10.4 Å². The molecule has 36 heavy (non-hydrogen) atoms. The van der Waals surface area contributed by atoms with E-state index < -0.39 is 5.91 Å². The van der Waals surface area contributed by atoms with Gasteiger partial charge in [-0.2, -0.15) is 5.10 Å². The number of fused-ring (bicyclic) bond motifs is 1. The third-order valence-electron chi connectivity index (χ3n) is 5.58. The molecule has 1 amide bonds. The number of ether oxygens (including phenoxy) is 2. The SMILES string of the molecule is CCCCOc1ccc(/C=N\NC(=O)Cn2cnc3scc(-c4ccc(C)cc4)c3c2=O)cc1OC. The lowest BCUT2D eigenvalue weighted by atomic mass is 10.1. The highest BCUT2D eigenvalue weighted by atomic mass is 32.1. The summed E-state index contributed by atoms with van der Waals surface area (Å²) < 4.78 is 12.4. The Hall–Kier alpha value is -3.98. The topological polar surface area (TPSA) is 94.8 Å². The number of methoxy groups -OCH3 is 1. The molecule has 0 aliphatic carbocycles. The second-order valence-electron chi connectivity index (χ2n) is 8.28. The number of carbonyl (C=O) groups excluding carboxylic acids is 1. The second-order valence-corrected chi connectivity index (χ2v) is 9.14. The summed E-state index contributed by atoms with van der Waals surface area (Å²) in [5, 5.41) is 6.45. The summed E-state index contributed by atoms with van der Waals surface area (Å²) in [4.78, 5) is 30.7. The Morgan fingerprint density at radius 3 is 2.75 bits per heavy atom. The van der Waals surface area contributed by atoms with E-state index in [-0.39, 0.29) is 12.1 Å². The summed E-state index contributed by atoms with van der Waals surface area (Å²) in [7, 11) is 1.57. The minimum absolute atomic E-state index is 0.199. The van der Waals surface area contributed by atoms with Crippen molar-refractivity contribution in [2.45, 2.75) is 33.2 Å². The molecule has 2 heterocycles. The van der Waals surface area contributed by atoms with Crippen molar-refractivity contribution in [2.24, 2.45) is 5.10 Å². The molecule has 0 atom stereocenters. The summed E-state index contributed by atoms with van der Waals surface area (Å²) in [6.45, 7) is 4.54. The molecule has 2 aromatic carbocycles. The summed E-state index contributed by atoms with van der Waals surface area (Å²) in [6.07, 6.45) is 4.91. The largest absolute Gasteiger partial charge is 0.493 e. The summed E-state index contributed by atoms with van der Waals surface area (Å²) in [5.74, 6) is 0.813. The molecule has 0 saturated carbocycles. The predicted octanol–water partition coefficient (Wildman–Crippen LogP) is 4.77. The number of amides is 1. The van der Waals surface area contributed by atoms with Crippen LogP contribution in [-0.4, -0.2) is 35.4 Å². The van der Waals surface area contributed by atoms with Gasteiger partial charge in [-0.1, -0.05) is 43.2 Å². The van der Waals surface area contributed by atoms with Crippen molar-refractivity contribution in [3.05, 3.63) is 75.7 Å². The van der Waals surface area contributed by atoms with Crippen LogP contribution in [0, 0.1) is 6.92 Å². The zero-order valence-corrected chi connectivity index (χ0v) is 21.3. The van der Waals surface area contributed by atoms with Gasteiger partial charge in [-0.05, 0) is 42.7 Å². The molecule has 186 valence electrons. The van der Waals surface area contributed by atoms with Gasteiger partial charge >= 0.3 is 0 Å². The molecule has 2 aromatic heterocycles. The highest BCUT2D eigenvalue weighted by Crippen LogP contribution is 2.31. The van der Waals surface area contributed by atoms with E-state index in [0.717, 1.165) is 35.1 Å². The maximum absolute atomic E-state index is 13.2. The van der Waals surface area contributed by atoms with Gasteiger partial charge in [0.15, 0.2) is 11.5 Å². The molecule has 0 unspecified atom stereocenters. The molecule has 0 aliphatic rings. The Balaban J connectivity index is 1.45. The molecule has 0 bridgehead atoms. The molecule has 4 aromatic rings. The van der Waals surface area contributed by atoms with Crippen LogP contribution in [0.25, 0.3) is 21.3 Å². The summed E-state index contributed by atoms with van der Waals surface area (Å²) in [6, 6.07) is 13.4. The lowest BCUT2D eigenvalue weighted by molar-refractivity contribution is -0.121. The van der Waals surface area contributed by atoms with E-state index in [1.807, 2.05) is 48.7 Å². The van der Waals surface area contributed by atoms with Crippen LogP contribution in [0.4, 0.5) is 0 Å². The van der Waals surface area contributed by atoms with Gasteiger partial charge in [-0.3, -0.25) is 14.2 Å². The first-order valence-electron chi connectivity index (χ1n) is 11.7. The first kappa shape index (κ1) is 25.1. The molecule has 0 aliphatic heterocycles. The number of carbonyl (C=O) groups is 1. The van der Waals surface area contributed by atoms with E-state index >= 15 is 0 Å². The highest BCUT2D eigenvalue weighted by molar-refractivity contribution is 7.17. The van der Waals surface area contributed by atoms with E-state index in [0.29, 0.717) is 28.3 Å². The number of hydrogen-bond acceptors (Lipinski definition) is 7. The maximum Gasteiger partial charge on any atom is 0.263 e. The third-order valence-corrected chi connectivity index (χ3v) is 6.47. The second kappa shape index (κ2) is 11.6. The fourth-order valence-electron chi connectivity index (χ4n) is 3.60. The number of hydrazone groups is 1. The smallest absolute Gasteiger partial charge is 0.263 e. The van der Waals surface area contributed by atoms with Crippen LogP contribution in [-0.2, 0) is 11.3 Å². The van der Waals surface area contributed by atoms with Crippen LogP contribution in [0.15, 0.2) is 64.1 Å². The number of thiophene rings is 1. The Kier molecular flexibility index (Phi) is 8.12. The molecule has 0 saturated heterocycles. The molecule has 9 heteroatoms. The molecular weight excluding hydrogens is 476 g/mol. The first-order valence-corrected chi connectivity index (χ1v) is 12.5. The van der Waals surface area contributed by atoms with Crippen LogP contribution in [0.1, 0.15) is 30.9 Å². The molecular formula is C27H28N4O4S. The zero-order valence-electron chi connectivity index (χ0n) is 20.5. The maximum atomic E-state index is 13.2. The van der Waals surface area contributed by atoms with Crippen molar-refractivity contribution in [3.63, 3.8) is 0 Å². The van der Waals surface area contributed by atoms with E-state index in [1.165, 1.54) is 28.4 Å². The Bertz CT molecular complexity index is 1440. The molecule has 1 N–H and O–H groups in total. The third kappa shape index (κ3) is 5.80. The first-order chi connectivity index (χ1) is 17.5. The van der Waals surface area contributed by atoms with Gasteiger partial charge in [0.2, 0.25) is 0 Å². The molecule has 0 spiro atoms. The van der Waals surface area contributed by atoms with Crippen LogP contribution in [0.5, 0.6) is 11.5 Å². The van der Waals surface area contributed by atoms with Crippen molar-refractivity contribution < 1.29 is 14.3 Å². The molecule has 8 nitrogen and oxygen atoms in total. The summed E-state index contributed by atoms with van der Waals surface area (Å²) in [5.41, 5.74) is 5.83.